The van der Waals surface area contributed by atoms with Gasteiger partial charge in [0.05, 0.1) is 0 Å². The molecule has 0 aliphatic carbocycles. The van der Waals surface area contributed by atoms with Gasteiger partial charge in [-0.3, -0.25) is 14.4 Å². The second-order valence-electron chi connectivity index (χ2n) is 22.0. The zero-order chi connectivity index (χ0) is 57.1. The highest BCUT2D eigenvalue weighted by atomic mass is 16.6. The Labute approximate surface area is 489 Å². The zero-order valence-electron chi connectivity index (χ0n) is 51.9. The number of carbonyl (C=O) groups excluding carboxylic acids is 3. The van der Waals surface area contributed by atoms with E-state index in [1.165, 1.54) is 154 Å². The summed E-state index contributed by atoms with van der Waals surface area (Å²) >= 11 is 0. The highest BCUT2D eigenvalue weighted by Gasteiger charge is 2.19. The highest BCUT2D eigenvalue weighted by molar-refractivity contribution is 5.71. The van der Waals surface area contributed by atoms with Crippen molar-refractivity contribution in [2.45, 2.75) is 322 Å². The highest BCUT2D eigenvalue weighted by Crippen LogP contribution is 2.16. The van der Waals surface area contributed by atoms with E-state index in [0.29, 0.717) is 19.3 Å². The van der Waals surface area contributed by atoms with Gasteiger partial charge in [-0.1, -0.05) is 278 Å². The third-order valence-electron chi connectivity index (χ3n) is 14.2. The summed E-state index contributed by atoms with van der Waals surface area (Å²) < 4.78 is 16.9. The van der Waals surface area contributed by atoms with Gasteiger partial charge < -0.3 is 14.2 Å². The molecule has 0 heterocycles. The van der Waals surface area contributed by atoms with Crippen LogP contribution in [0.25, 0.3) is 0 Å². The van der Waals surface area contributed by atoms with E-state index in [4.69, 9.17) is 14.2 Å². The molecule has 0 rings (SSSR count). The quantitative estimate of drug-likeness (QED) is 0.0261. The van der Waals surface area contributed by atoms with Crippen LogP contribution in [0.5, 0.6) is 0 Å². The average molecular weight is 1100 g/mol. The van der Waals surface area contributed by atoms with Gasteiger partial charge in [-0.2, -0.15) is 0 Å². The van der Waals surface area contributed by atoms with Crippen LogP contribution >= 0.6 is 0 Å². The Bertz CT molecular complexity index is 1590. The normalized spacial score (nSPS) is 12.8. The van der Waals surface area contributed by atoms with Gasteiger partial charge in [-0.25, -0.2) is 0 Å². The third kappa shape index (κ3) is 64.8. The van der Waals surface area contributed by atoms with Crippen molar-refractivity contribution in [2.75, 3.05) is 13.2 Å². The van der Waals surface area contributed by atoms with Gasteiger partial charge in [-0.15, -0.1) is 0 Å². The molecular formula is C73H124O6. The number of ether oxygens (including phenoxy) is 3. The van der Waals surface area contributed by atoms with Gasteiger partial charge in [0.1, 0.15) is 13.2 Å². The maximum Gasteiger partial charge on any atom is 0.306 e. The van der Waals surface area contributed by atoms with Gasteiger partial charge in [0.25, 0.3) is 0 Å². The van der Waals surface area contributed by atoms with E-state index < -0.39 is 6.10 Å². The Kier molecular flexibility index (Phi) is 63.3. The summed E-state index contributed by atoms with van der Waals surface area (Å²) in [6.07, 6.45) is 90.9. The van der Waals surface area contributed by atoms with Crippen LogP contribution in [0, 0.1) is 0 Å². The molecular weight excluding hydrogens is 973 g/mol. The van der Waals surface area contributed by atoms with E-state index in [9.17, 15) is 14.4 Å². The molecule has 0 radical (unpaired) electrons. The number of rotatable bonds is 60. The fourth-order valence-corrected chi connectivity index (χ4v) is 9.24. The van der Waals surface area contributed by atoms with Crippen LogP contribution in [0.15, 0.2) is 109 Å². The molecule has 0 saturated carbocycles. The molecule has 6 heteroatoms. The van der Waals surface area contributed by atoms with Crippen molar-refractivity contribution in [1.29, 1.82) is 0 Å². The lowest BCUT2D eigenvalue weighted by molar-refractivity contribution is -0.167. The van der Waals surface area contributed by atoms with Gasteiger partial charge >= 0.3 is 17.9 Å². The maximum atomic E-state index is 12.9. The maximum absolute atomic E-state index is 12.9. The van der Waals surface area contributed by atoms with E-state index in [1.807, 2.05) is 0 Å². The molecule has 0 aromatic carbocycles. The second-order valence-corrected chi connectivity index (χ2v) is 22.0. The Morgan fingerprint density at radius 3 is 0.785 bits per heavy atom. The van der Waals surface area contributed by atoms with Crippen molar-refractivity contribution < 1.29 is 28.6 Å². The lowest BCUT2D eigenvalue weighted by Gasteiger charge is -2.18. The van der Waals surface area contributed by atoms with Crippen molar-refractivity contribution in [3.8, 4) is 0 Å². The van der Waals surface area contributed by atoms with Crippen LogP contribution in [-0.2, 0) is 28.6 Å². The molecule has 0 saturated heterocycles. The first-order valence-corrected chi connectivity index (χ1v) is 33.4. The SMILES string of the molecule is CC/C=C\C/C=C\C/C=C\C/C=C\C/C=C\C/C=C\CCCCCCC(=O)OCC(COC(=O)CCCCCCC/C=C\CCCCCCCC)OC(=O)CCCCCCCCCCCCC/C=C\C/C=C\CCCCCCC. The Morgan fingerprint density at radius 2 is 0.494 bits per heavy atom. The predicted molar refractivity (Wildman–Crippen MR) is 343 cm³/mol. The fourth-order valence-electron chi connectivity index (χ4n) is 9.24. The zero-order valence-corrected chi connectivity index (χ0v) is 51.9. The van der Waals surface area contributed by atoms with E-state index in [-0.39, 0.29) is 31.1 Å². The van der Waals surface area contributed by atoms with Crippen LogP contribution in [0.3, 0.4) is 0 Å². The molecule has 1 atom stereocenters. The van der Waals surface area contributed by atoms with E-state index in [2.05, 4.69) is 130 Å². The molecule has 0 aromatic rings. The standard InChI is InChI=1S/C73H124O6/c1-4-7-10-13-16-19-22-25-28-30-32-34-36-38-40-42-45-48-51-54-57-60-63-66-72(75)78-69-70(68-77-71(74)65-62-59-56-53-50-47-44-27-24-21-18-15-12-9-6-3)79-73(76)67-64-61-58-55-52-49-46-43-41-39-37-35-33-31-29-26-23-20-17-14-11-8-5-2/h7,10,16,19,23,25-28,31-34,38,40,44-45,48,70H,4-6,8-9,11-15,17-18,20-22,24,29-30,35-37,39,41-43,46-47,49-69H2,1-3H3/b10-7-,19-16-,26-23-,28-25-,33-31-,34-32-,40-38-,44-27-,48-45-. The molecule has 452 valence electrons. The van der Waals surface area contributed by atoms with E-state index in [1.54, 1.807) is 0 Å². The fraction of sp³-hybridized carbons (Fsp3) is 0.712. The Hall–Kier alpha value is -3.93. The van der Waals surface area contributed by atoms with Gasteiger partial charge in [-0.05, 0) is 128 Å². The molecule has 79 heavy (non-hydrogen) atoms. The van der Waals surface area contributed by atoms with Crippen molar-refractivity contribution >= 4 is 17.9 Å². The molecule has 0 bridgehead atoms. The monoisotopic (exact) mass is 1100 g/mol. The average Bonchev–Trinajstić information content (AvgIpc) is 3.45. The summed E-state index contributed by atoms with van der Waals surface area (Å²) in [5.74, 6) is -0.917. The predicted octanol–water partition coefficient (Wildman–Crippen LogP) is 23.0. The van der Waals surface area contributed by atoms with Crippen LogP contribution < -0.4 is 0 Å². The van der Waals surface area contributed by atoms with E-state index in [0.717, 1.165) is 122 Å². The Balaban J connectivity index is 4.42. The lowest BCUT2D eigenvalue weighted by atomic mass is 10.0. The summed E-state index contributed by atoms with van der Waals surface area (Å²) in [4.78, 5) is 38.4. The smallest absolute Gasteiger partial charge is 0.306 e. The molecule has 0 spiro atoms. The molecule has 0 N–H and O–H groups in total. The summed E-state index contributed by atoms with van der Waals surface area (Å²) in [5, 5.41) is 0. The topological polar surface area (TPSA) is 78.9 Å². The summed E-state index contributed by atoms with van der Waals surface area (Å²) in [7, 11) is 0. The third-order valence-corrected chi connectivity index (χ3v) is 14.2. The lowest BCUT2D eigenvalue weighted by Crippen LogP contribution is -2.30. The van der Waals surface area contributed by atoms with Gasteiger partial charge in [0.2, 0.25) is 0 Å². The first kappa shape index (κ1) is 75.1. The number of hydrogen-bond acceptors (Lipinski definition) is 6. The summed E-state index contributed by atoms with van der Waals surface area (Å²) in [5.41, 5.74) is 0. The van der Waals surface area contributed by atoms with Crippen molar-refractivity contribution in [1.82, 2.24) is 0 Å². The van der Waals surface area contributed by atoms with Crippen LogP contribution in [0.1, 0.15) is 316 Å². The van der Waals surface area contributed by atoms with Crippen molar-refractivity contribution in [2.24, 2.45) is 0 Å². The minimum atomic E-state index is -0.797. The molecule has 0 aromatic heterocycles. The molecule has 0 fully saturated rings. The van der Waals surface area contributed by atoms with Crippen LogP contribution in [-0.4, -0.2) is 37.2 Å². The van der Waals surface area contributed by atoms with E-state index >= 15 is 0 Å². The minimum absolute atomic E-state index is 0.0915. The van der Waals surface area contributed by atoms with Crippen molar-refractivity contribution in [3.05, 3.63) is 109 Å². The first-order valence-electron chi connectivity index (χ1n) is 33.4. The molecule has 1 unspecified atom stereocenters. The summed E-state index contributed by atoms with van der Waals surface area (Å²) in [6.45, 7) is 6.51. The molecule has 6 nitrogen and oxygen atoms in total. The summed E-state index contributed by atoms with van der Waals surface area (Å²) in [6, 6.07) is 0. The molecule has 0 aliphatic heterocycles. The number of allylic oxidation sites excluding steroid dienone is 18. The number of unbranched alkanes of at least 4 members (excludes halogenated alkanes) is 31. The number of esters is 3. The van der Waals surface area contributed by atoms with Crippen LogP contribution in [0.2, 0.25) is 0 Å². The molecule has 0 amide bonds. The number of hydrogen-bond donors (Lipinski definition) is 0. The largest absolute Gasteiger partial charge is 0.462 e. The van der Waals surface area contributed by atoms with Crippen molar-refractivity contribution in [3.63, 3.8) is 0 Å². The van der Waals surface area contributed by atoms with Gasteiger partial charge in [0.15, 0.2) is 6.10 Å². The Morgan fingerprint density at radius 1 is 0.266 bits per heavy atom. The first-order chi connectivity index (χ1) is 39.0. The van der Waals surface area contributed by atoms with Gasteiger partial charge in [0, 0.05) is 19.3 Å². The van der Waals surface area contributed by atoms with Crippen LogP contribution in [0.4, 0.5) is 0 Å². The molecule has 0 aliphatic rings. The minimum Gasteiger partial charge on any atom is -0.462 e. The number of carbonyl (C=O) groups is 3. The second kappa shape index (κ2) is 66.6.